The van der Waals surface area contributed by atoms with Crippen molar-refractivity contribution in [3.05, 3.63) is 24.3 Å². The third kappa shape index (κ3) is 17.3. The molecule has 0 aromatic rings. The Morgan fingerprint density at radius 1 is 0.875 bits per heavy atom. The molecule has 0 spiro atoms. The minimum Gasteiger partial charge on any atom is -0.447 e. The molecule has 0 rings (SSSR count). The number of allylic oxidation sites excluding steroid dienone is 4. The molecule has 0 heterocycles. The summed E-state index contributed by atoms with van der Waals surface area (Å²) in [7, 11) is 0. The van der Waals surface area contributed by atoms with Gasteiger partial charge in [-0.15, -0.1) is 0 Å². The number of unbranched alkanes of at least 4 members (excludes halogenated alkanes) is 8. The lowest BCUT2D eigenvalue weighted by Crippen LogP contribution is -2.25. The van der Waals surface area contributed by atoms with Gasteiger partial charge in [-0.3, -0.25) is 10.5 Å². The van der Waals surface area contributed by atoms with Crippen LogP contribution >= 0.6 is 0 Å². The third-order valence-electron chi connectivity index (χ3n) is 4.02. The summed E-state index contributed by atoms with van der Waals surface area (Å²) < 4.78 is 5.04. The first kappa shape index (κ1) is 22.9. The minimum absolute atomic E-state index is 0.157. The average Bonchev–Trinajstić information content (AvgIpc) is 2.58. The molecule has 0 aromatic carbocycles. The monoisotopic (exact) mass is 337 g/mol. The minimum atomic E-state index is -0.435. The van der Waals surface area contributed by atoms with E-state index in [0.29, 0.717) is 12.8 Å². The molecule has 1 unspecified atom stereocenters. The normalized spacial score (nSPS) is 13.0. The van der Waals surface area contributed by atoms with Gasteiger partial charge in [-0.25, -0.2) is 0 Å². The van der Waals surface area contributed by atoms with Gasteiger partial charge in [-0.05, 0) is 44.9 Å². The van der Waals surface area contributed by atoms with Crippen molar-refractivity contribution in [2.75, 3.05) is 0 Å². The van der Waals surface area contributed by atoms with E-state index in [0.717, 1.165) is 25.7 Å². The van der Waals surface area contributed by atoms with Crippen LogP contribution in [0, 0.1) is 0 Å². The molecule has 0 amide bonds. The Morgan fingerprint density at radius 2 is 1.46 bits per heavy atom. The van der Waals surface area contributed by atoms with Crippen molar-refractivity contribution in [2.45, 2.75) is 104 Å². The zero-order valence-corrected chi connectivity index (χ0v) is 16.0. The number of hydrogen-bond donors (Lipinski definition) is 1. The largest absolute Gasteiger partial charge is 0.447 e. The molecule has 0 aromatic heterocycles. The van der Waals surface area contributed by atoms with Crippen LogP contribution in [0.5, 0.6) is 0 Å². The van der Waals surface area contributed by atoms with E-state index in [1.54, 1.807) is 0 Å². The summed E-state index contributed by atoms with van der Waals surface area (Å²) in [4.78, 5) is 11.4. The van der Waals surface area contributed by atoms with Gasteiger partial charge in [-0.2, -0.15) is 0 Å². The first-order chi connectivity index (χ1) is 11.7. The smallest absolute Gasteiger partial charge is 0.307 e. The molecule has 0 saturated heterocycles. The Morgan fingerprint density at radius 3 is 2.08 bits per heavy atom. The number of esters is 1. The molecule has 2 N–H and O–H groups in total. The summed E-state index contributed by atoms with van der Waals surface area (Å²) in [5, 5.41) is 0. The van der Waals surface area contributed by atoms with Crippen LogP contribution < -0.4 is 5.73 Å². The highest BCUT2D eigenvalue weighted by Gasteiger charge is 2.06. The fourth-order valence-electron chi connectivity index (χ4n) is 2.39. The second-order valence-corrected chi connectivity index (χ2v) is 6.42. The fraction of sp³-hybridized carbons (Fsp3) is 0.762. The van der Waals surface area contributed by atoms with E-state index in [-0.39, 0.29) is 5.97 Å². The maximum Gasteiger partial charge on any atom is 0.307 e. The molecule has 3 nitrogen and oxygen atoms in total. The quantitative estimate of drug-likeness (QED) is 0.162. The highest BCUT2D eigenvalue weighted by molar-refractivity contribution is 5.69. The highest BCUT2D eigenvalue weighted by Crippen LogP contribution is 2.09. The molecule has 0 bridgehead atoms. The van der Waals surface area contributed by atoms with Crippen LogP contribution in [0.15, 0.2) is 24.3 Å². The van der Waals surface area contributed by atoms with Gasteiger partial charge in [0.15, 0.2) is 6.23 Å². The SMILES string of the molecule is CCCCC/C=C\C/C=C\CCCCCCCC(=O)OC(N)CC. The van der Waals surface area contributed by atoms with Crippen LogP contribution in [0.4, 0.5) is 0 Å². The van der Waals surface area contributed by atoms with Crippen molar-refractivity contribution in [1.82, 2.24) is 0 Å². The van der Waals surface area contributed by atoms with Gasteiger partial charge < -0.3 is 4.74 Å². The van der Waals surface area contributed by atoms with Gasteiger partial charge >= 0.3 is 5.97 Å². The molecule has 1 atom stereocenters. The van der Waals surface area contributed by atoms with E-state index in [1.807, 2.05) is 6.92 Å². The lowest BCUT2D eigenvalue weighted by molar-refractivity contribution is -0.149. The number of hydrogen-bond acceptors (Lipinski definition) is 3. The first-order valence-electron chi connectivity index (χ1n) is 9.95. The zero-order valence-electron chi connectivity index (χ0n) is 16.0. The fourth-order valence-corrected chi connectivity index (χ4v) is 2.39. The molecule has 24 heavy (non-hydrogen) atoms. The van der Waals surface area contributed by atoms with Gasteiger partial charge in [-0.1, -0.05) is 70.3 Å². The zero-order chi connectivity index (χ0) is 17.9. The first-order valence-corrected chi connectivity index (χ1v) is 9.95. The van der Waals surface area contributed by atoms with Gasteiger partial charge in [0.05, 0.1) is 0 Å². The van der Waals surface area contributed by atoms with Crippen molar-refractivity contribution in [1.29, 1.82) is 0 Å². The summed E-state index contributed by atoms with van der Waals surface area (Å²) in [6, 6.07) is 0. The summed E-state index contributed by atoms with van der Waals surface area (Å²) in [6.45, 7) is 4.15. The predicted molar refractivity (Wildman–Crippen MR) is 104 cm³/mol. The summed E-state index contributed by atoms with van der Waals surface area (Å²) in [6.07, 6.45) is 23.0. The van der Waals surface area contributed by atoms with Crippen molar-refractivity contribution in [3.8, 4) is 0 Å². The van der Waals surface area contributed by atoms with Gasteiger partial charge in [0.1, 0.15) is 0 Å². The number of rotatable bonds is 16. The third-order valence-corrected chi connectivity index (χ3v) is 4.02. The molecule has 0 aliphatic carbocycles. The standard InChI is InChI=1S/C21H39NO2/c1-3-5-6-7-8-9-10-11-12-13-14-15-16-17-18-19-21(23)24-20(22)4-2/h8-9,11-12,20H,3-7,10,13-19,22H2,1-2H3/b9-8-,12-11-. The molecule has 140 valence electrons. The van der Waals surface area contributed by atoms with E-state index in [1.165, 1.54) is 44.9 Å². The van der Waals surface area contributed by atoms with Crippen molar-refractivity contribution < 1.29 is 9.53 Å². The molecular formula is C21H39NO2. The van der Waals surface area contributed by atoms with Crippen LogP contribution in [-0.4, -0.2) is 12.2 Å². The number of ether oxygens (including phenoxy) is 1. The Balaban J connectivity index is 3.30. The Labute approximate surface area is 149 Å². The summed E-state index contributed by atoms with van der Waals surface area (Å²) in [5.41, 5.74) is 5.58. The molecule has 0 aliphatic rings. The molecular weight excluding hydrogens is 298 g/mol. The summed E-state index contributed by atoms with van der Waals surface area (Å²) in [5.74, 6) is -0.157. The number of nitrogens with two attached hydrogens (primary N) is 1. The number of carbonyl (C=O) groups is 1. The average molecular weight is 338 g/mol. The van der Waals surface area contributed by atoms with E-state index in [9.17, 15) is 4.79 Å². The maximum absolute atomic E-state index is 11.4. The van der Waals surface area contributed by atoms with Gasteiger partial charge in [0.25, 0.3) is 0 Å². The molecule has 3 heteroatoms. The second kappa shape index (κ2) is 18.3. The van der Waals surface area contributed by atoms with Crippen molar-refractivity contribution >= 4 is 5.97 Å². The van der Waals surface area contributed by atoms with Crippen LogP contribution in [0.25, 0.3) is 0 Å². The van der Waals surface area contributed by atoms with Gasteiger partial charge in [0.2, 0.25) is 0 Å². The lowest BCUT2D eigenvalue weighted by atomic mass is 10.1. The maximum atomic E-state index is 11.4. The van der Waals surface area contributed by atoms with E-state index >= 15 is 0 Å². The van der Waals surface area contributed by atoms with Crippen LogP contribution in [-0.2, 0) is 9.53 Å². The van der Waals surface area contributed by atoms with Crippen molar-refractivity contribution in [3.63, 3.8) is 0 Å². The van der Waals surface area contributed by atoms with E-state index < -0.39 is 6.23 Å². The molecule has 0 aliphatic heterocycles. The number of carbonyl (C=O) groups excluding carboxylic acids is 1. The summed E-state index contributed by atoms with van der Waals surface area (Å²) >= 11 is 0. The Hall–Kier alpha value is -1.09. The molecule has 0 fully saturated rings. The van der Waals surface area contributed by atoms with Crippen LogP contribution in [0.2, 0.25) is 0 Å². The van der Waals surface area contributed by atoms with Crippen LogP contribution in [0.3, 0.4) is 0 Å². The highest BCUT2D eigenvalue weighted by atomic mass is 16.6. The van der Waals surface area contributed by atoms with Gasteiger partial charge in [0, 0.05) is 6.42 Å². The second-order valence-electron chi connectivity index (χ2n) is 6.42. The Kier molecular flexibility index (Phi) is 17.4. The molecule has 0 radical (unpaired) electrons. The van der Waals surface area contributed by atoms with E-state index in [2.05, 4.69) is 31.2 Å². The Bertz CT molecular complexity index is 337. The van der Waals surface area contributed by atoms with Crippen molar-refractivity contribution in [2.24, 2.45) is 5.73 Å². The topological polar surface area (TPSA) is 52.3 Å². The van der Waals surface area contributed by atoms with Crippen LogP contribution in [0.1, 0.15) is 97.3 Å². The lowest BCUT2D eigenvalue weighted by Gasteiger charge is -2.10. The molecule has 0 saturated carbocycles. The predicted octanol–water partition coefficient (Wildman–Crippen LogP) is 6.04. The van der Waals surface area contributed by atoms with E-state index in [4.69, 9.17) is 10.5 Å².